The number of aromatic nitrogens is 1. The van der Waals surface area contributed by atoms with Gasteiger partial charge in [-0.2, -0.15) is 0 Å². The quantitative estimate of drug-likeness (QED) is 0.174. The van der Waals surface area contributed by atoms with E-state index in [1.807, 2.05) is 92.6 Å². The molecule has 2 aromatic rings. The summed E-state index contributed by atoms with van der Waals surface area (Å²) in [5.41, 5.74) is -0.733. The summed E-state index contributed by atoms with van der Waals surface area (Å²) in [5, 5.41) is 20.2. The van der Waals surface area contributed by atoms with E-state index in [1.54, 1.807) is 25.4 Å². The zero-order valence-electron chi connectivity index (χ0n) is 35.3. The van der Waals surface area contributed by atoms with Gasteiger partial charge in [-0.15, -0.1) is 11.3 Å². The average Bonchev–Trinajstić information content (AvgIpc) is 3.67. The number of hydrogen-bond donors (Lipinski definition) is 6. The fourth-order valence-corrected chi connectivity index (χ4v) is 7.07. The first-order valence-corrected chi connectivity index (χ1v) is 20.3. The van der Waals surface area contributed by atoms with Gasteiger partial charge in [-0.05, 0) is 28.2 Å². The second-order valence-electron chi connectivity index (χ2n) is 17.4. The summed E-state index contributed by atoms with van der Waals surface area (Å²) in [6, 6.07) is 3.56. The monoisotopic (exact) mass is 810 g/mol. The Balaban J connectivity index is 2.10. The standard InChI is InChI=1S/C41H62N8O7S/c1-22(2)29-35(52)46-30(23(3)4)36(53)49-32(40(6,7)8)34(43-21-27(50)45-29)48-33(41(9,10)11)38(55)47-31(24(5)25-16-14-13-15-17-25)37(54)44-26(20-28(51)56-12)39-42-18-19-57-39/h13-19,22-24,26,29-33H,20-21H2,1-12H3,(H,43,48)(H,44,54)(H,45,50)(H,46,52)(H,47,55)(H,49,53)/t24?,26-,29?,30?,31+,32?,33?/m1/s1. The van der Waals surface area contributed by atoms with Crippen LogP contribution in [0, 0.1) is 22.7 Å². The average molecular weight is 811 g/mol. The van der Waals surface area contributed by atoms with Gasteiger partial charge in [0.25, 0.3) is 0 Å². The topological polar surface area (TPSA) is 209 Å². The van der Waals surface area contributed by atoms with Crippen molar-refractivity contribution in [1.29, 1.82) is 0 Å². The fourth-order valence-electron chi connectivity index (χ4n) is 6.38. The maximum atomic E-state index is 14.7. The zero-order valence-corrected chi connectivity index (χ0v) is 36.1. The summed E-state index contributed by atoms with van der Waals surface area (Å²) in [5.74, 6) is -4.03. The molecule has 57 heavy (non-hydrogen) atoms. The number of aliphatic imine (C=N–C) groups is 1. The molecule has 3 rings (SSSR count). The Bertz CT molecular complexity index is 1730. The molecule has 15 nitrogen and oxygen atoms in total. The van der Waals surface area contributed by atoms with E-state index in [0.717, 1.165) is 5.56 Å². The molecule has 314 valence electrons. The van der Waals surface area contributed by atoms with Crippen molar-refractivity contribution in [3.8, 4) is 0 Å². The third kappa shape index (κ3) is 13.1. The van der Waals surface area contributed by atoms with E-state index in [-0.39, 0.29) is 24.1 Å². The number of carbonyl (C=O) groups is 6. The van der Waals surface area contributed by atoms with Crippen LogP contribution in [0.1, 0.15) is 105 Å². The maximum Gasteiger partial charge on any atom is 0.308 e. The molecule has 6 N–H and O–H groups in total. The van der Waals surface area contributed by atoms with E-state index >= 15 is 0 Å². The van der Waals surface area contributed by atoms with Crippen LogP contribution in [-0.4, -0.2) is 90.2 Å². The third-order valence-electron chi connectivity index (χ3n) is 9.82. The van der Waals surface area contributed by atoms with E-state index < -0.39 is 95.0 Å². The molecule has 0 radical (unpaired) electrons. The second-order valence-corrected chi connectivity index (χ2v) is 18.3. The number of amidine groups is 1. The van der Waals surface area contributed by atoms with Crippen LogP contribution in [0.25, 0.3) is 0 Å². The Kier molecular flexibility index (Phi) is 16.3. The Morgan fingerprint density at radius 1 is 0.860 bits per heavy atom. The van der Waals surface area contributed by atoms with E-state index in [0.29, 0.717) is 5.01 Å². The van der Waals surface area contributed by atoms with Crippen LogP contribution >= 0.6 is 11.3 Å². The highest BCUT2D eigenvalue weighted by molar-refractivity contribution is 7.09. The number of nitrogens with zero attached hydrogens (tertiary/aromatic N) is 2. The third-order valence-corrected chi connectivity index (χ3v) is 10.7. The Labute approximate surface area is 340 Å². The van der Waals surface area contributed by atoms with Gasteiger partial charge in [0.1, 0.15) is 41.6 Å². The first-order valence-electron chi connectivity index (χ1n) is 19.4. The van der Waals surface area contributed by atoms with Crippen molar-refractivity contribution in [3.63, 3.8) is 0 Å². The number of rotatable bonds is 12. The molecule has 1 aliphatic rings. The number of nitrogens with one attached hydrogen (secondary N) is 6. The molecule has 5 amide bonds. The molecule has 1 aromatic heterocycles. The molecule has 7 atom stereocenters. The van der Waals surface area contributed by atoms with Crippen LogP contribution < -0.4 is 31.9 Å². The lowest BCUT2D eigenvalue weighted by molar-refractivity contribution is -0.141. The Morgan fingerprint density at radius 3 is 1.98 bits per heavy atom. The molecule has 5 unspecified atom stereocenters. The van der Waals surface area contributed by atoms with Crippen LogP contribution in [0.2, 0.25) is 0 Å². The van der Waals surface area contributed by atoms with Crippen molar-refractivity contribution in [2.24, 2.45) is 27.7 Å². The molecule has 0 saturated carbocycles. The van der Waals surface area contributed by atoms with Crippen molar-refractivity contribution in [2.45, 2.75) is 125 Å². The van der Waals surface area contributed by atoms with Crippen LogP contribution in [0.4, 0.5) is 0 Å². The number of thiazole rings is 1. The predicted molar refractivity (Wildman–Crippen MR) is 220 cm³/mol. The first kappa shape index (κ1) is 46.5. The molecular weight excluding hydrogens is 749 g/mol. The summed E-state index contributed by atoms with van der Waals surface area (Å²) < 4.78 is 4.90. The van der Waals surface area contributed by atoms with Gasteiger partial charge in [0.15, 0.2) is 0 Å². The summed E-state index contributed by atoms with van der Waals surface area (Å²) >= 11 is 1.27. The number of carbonyl (C=O) groups excluding carboxylic acids is 6. The minimum absolute atomic E-state index is 0.172. The van der Waals surface area contributed by atoms with E-state index in [1.165, 1.54) is 18.4 Å². The molecule has 0 bridgehead atoms. The number of ether oxygens (including phenoxy) is 1. The van der Waals surface area contributed by atoms with E-state index in [4.69, 9.17) is 4.74 Å². The highest BCUT2D eigenvalue weighted by Gasteiger charge is 2.42. The number of benzene rings is 1. The van der Waals surface area contributed by atoms with Crippen molar-refractivity contribution >= 4 is 52.7 Å². The Morgan fingerprint density at radius 2 is 1.46 bits per heavy atom. The molecule has 0 fully saturated rings. The van der Waals surface area contributed by atoms with Gasteiger partial charge in [-0.25, -0.2) is 4.98 Å². The van der Waals surface area contributed by atoms with Crippen molar-refractivity contribution in [3.05, 3.63) is 52.5 Å². The molecule has 1 aliphatic heterocycles. The molecule has 1 aromatic carbocycles. The van der Waals surface area contributed by atoms with Gasteiger partial charge in [-0.3, -0.25) is 33.8 Å². The number of amides is 5. The number of methoxy groups -OCH3 is 1. The van der Waals surface area contributed by atoms with E-state index in [2.05, 4.69) is 41.9 Å². The minimum Gasteiger partial charge on any atom is -0.469 e. The smallest absolute Gasteiger partial charge is 0.308 e. The van der Waals surface area contributed by atoms with Crippen LogP contribution in [0.3, 0.4) is 0 Å². The Hall–Kier alpha value is -4.86. The van der Waals surface area contributed by atoms with Crippen LogP contribution in [0.15, 0.2) is 46.9 Å². The minimum atomic E-state index is -1.13. The van der Waals surface area contributed by atoms with Crippen LogP contribution in [0.5, 0.6) is 0 Å². The van der Waals surface area contributed by atoms with Gasteiger partial charge < -0.3 is 36.6 Å². The lowest BCUT2D eigenvalue weighted by Gasteiger charge is -2.39. The van der Waals surface area contributed by atoms with Gasteiger partial charge in [-0.1, -0.05) is 106 Å². The van der Waals surface area contributed by atoms with Crippen molar-refractivity contribution in [1.82, 2.24) is 36.9 Å². The summed E-state index contributed by atoms with van der Waals surface area (Å²) in [6.07, 6.45) is 1.40. The number of esters is 1. The maximum absolute atomic E-state index is 14.7. The zero-order chi connectivity index (χ0) is 42.8. The van der Waals surface area contributed by atoms with Gasteiger partial charge in [0.05, 0.1) is 25.6 Å². The van der Waals surface area contributed by atoms with Gasteiger partial charge in [0.2, 0.25) is 29.5 Å². The second kappa shape index (κ2) is 20.0. The van der Waals surface area contributed by atoms with Crippen molar-refractivity contribution in [2.75, 3.05) is 13.7 Å². The predicted octanol–water partition coefficient (Wildman–Crippen LogP) is 3.38. The summed E-state index contributed by atoms with van der Waals surface area (Å²) in [6.45, 7) is 19.9. The molecule has 0 spiro atoms. The van der Waals surface area contributed by atoms with Gasteiger partial charge >= 0.3 is 5.97 Å². The fraction of sp³-hybridized carbons (Fsp3) is 0.610. The molecule has 0 aliphatic carbocycles. The highest BCUT2D eigenvalue weighted by atomic mass is 32.1. The SMILES string of the molecule is COC(=O)C[C@@H](NC(=O)[C@@H](NC(=O)C(NC1=NCC(=O)NC(C(C)C)C(=O)NC(C(C)C)C(=O)NC1C(C)(C)C)C(C)(C)C)C(C)c1ccccc1)c1nccs1. The van der Waals surface area contributed by atoms with E-state index in [9.17, 15) is 28.8 Å². The molecule has 16 heteroatoms. The highest BCUT2D eigenvalue weighted by Crippen LogP contribution is 2.27. The molecule has 2 heterocycles. The first-order chi connectivity index (χ1) is 26.5. The van der Waals surface area contributed by atoms with Crippen molar-refractivity contribution < 1.29 is 33.5 Å². The number of hydrogen-bond acceptors (Lipinski definition) is 11. The van der Waals surface area contributed by atoms with Crippen LogP contribution in [-0.2, 0) is 33.5 Å². The lowest BCUT2D eigenvalue weighted by atomic mass is 9.82. The molecular formula is C41H62N8O7S. The largest absolute Gasteiger partial charge is 0.469 e. The molecule has 0 saturated heterocycles. The summed E-state index contributed by atoms with van der Waals surface area (Å²) in [7, 11) is 1.26. The summed E-state index contributed by atoms with van der Waals surface area (Å²) in [4.78, 5) is 91.2. The lowest BCUT2D eigenvalue weighted by Crippen LogP contribution is -2.65. The normalized spacial score (nSPS) is 20.6. The van der Waals surface area contributed by atoms with Gasteiger partial charge in [0, 0.05) is 17.5 Å².